The molecule has 3 rings (SSSR count). The lowest BCUT2D eigenvalue weighted by Gasteiger charge is -2.46. The van der Waals surface area contributed by atoms with E-state index in [9.17, 15) is 4.79 Å². The summed E-state index contributed by atoms with van der Waals surface area (Å²) in [6.45, 7) is 7.65. The molecular weight excluding hydrogens is 232 g/mol. The monoisotopic (exact) mass is 250 g/mol. The van der Waals surface area contributed by atoms with Crippen molar-refractivity contribution in [2.75, 3.05) is 39.3 Å². The molecule has 1 aromatic rings. The Morgan fingerprint density at radius 3 is 2.78 bits per heavy atom. The third-order valence-electron chi connectivity index (χ3n) is 3.76. The molecule has 2 aliphatic heterocycles. The molecule has 0 atom stereocenters. The van der Waals surface area contributed by atoms with E-state index in [1.54, 1.807) is 6.92 Å². The Bertz CT molecular complexity index is 433. The molecule has 1 N–H and O–H groups in total. The lowest BCUT2D eigenvalue weighted by atomic mass is 10.1. The van der Waals surface area contributed by atoms with Crippen LogP contribution in [0.1, 0.15) is 16.2 Å². The van der Waals surface area contributed by atoms with Crippen molar-refractivity contribution in [2.24, 2.45) is 0 Å². The van der Waals surface area contributed by atoms with Gasteiger partial charge in [-0.3, -0.25) is 9.69 Å². The normalized spacial score (nSPS) is 21.9. The summed E-state index contributed by atoms with van der Waals surface area (Å²) in [7, 11) is 0. The van der Waals surface area contributed by atoms with E-state index in [-0.39, 0.29) is 5.91 Å². The van der Waals surface area contributed by atoms with Crippen LogP contribution in [0, 0.1) is 6.92 Å². The molecule has 6 nitrogen and oxygen atoms in total. The van der Waals surface area contributed by atoms with E-state index in [4.69, 9.17) is 4.42 Å². The first kappa shape index (κ1) is 11.7. The van der Waals surface area contributed by atoms with E-state index >= 15 is 0 Å². The first-order valence-corrected chi connectivity index (χ1v) is 6.40. The molecular formula is C12H18N4O2. The number of carbonyl (C=O) groups is 1. The Labute approximate surface area is 106 Å². The topological polar surface area (TPSA) is 61.6 Å². The van der Waals surface area contributed by atoms with E-state index in [0.717, 1.165) is 39.3 Å². The minimum Gasteiger partial charge on any atom is -0.438 e. The molecule has 18 heavy (non-hydrogen) atoms. The molecule has 0 saturated carbocycles. The predicted molar refractivity (Wildman–Crippen MR) is 65.4 cm³/mol. The zero-order chi connectivity index (χ0) is 12.5. The van der Waals surface area contributed by atoms with Gasteiger partial charge in [-0.15, -0.1) is 0 Å². The maximum Gasteiger partial charge on any atom is 0.291 e. The van der Waals surface area contributed by atoms with Crippen LogP contribution in [0.25, 0.3) is 0 Å². The quantitative estimate of drug-likeness (QED) is 0.781. The Balaban J connectivity index is 1.55. The number of piperazine rings is 1. The molecule has 0 unspecified atom stereocenters. The van der Waals surface area contributed by atoms with Crippen LogP contribution in [-0.4, -0.2) is 66.0 Å². The first-order valence-electron chi connectivity index (χ1n) is 6.40. The summed E-state index contributed by atoms with van der Waals surface area (Å²) < 4.78 is 5.14. The number of aromatic nitrogens is 1. The van der Waals surface area contributed by atoms with Crippen molar-refractivity contribution >= 4 is 5.91 Å². The van der Waals surface area contributed by atoms with Crippen LogP contribution in [0.15, 0.2) is 10.8 Å². The molecule has 6 heteroatoms. The second-order valence-electron chi connectivity index (χ2n) is 4.92. The fraction of sp³-hybridized carbons (Fsp3) is 0.667. The molecule has 1 aromatic heterocycles. The number of rotatable bonds is 2. The number of hydrogen-bond donors (Lipinski definition) is 1. The SMILES string of the molecule is Cc1ncoc1C(=O)N1CC(N2CCNCC2)C1. The highest BCUT2D eigenvalue weighted by molar-refractivity contribution is 5.93. The van der Waals surface area contributed by atoms with Crippen molar-refractivity contribution in [2.45, 2.75) is 13.0 Å². The molecule has 2 saturated heterocycles. The minimum atomic E-state index is -0.0311. The van der Waals surface area contributed by atoms with Crippen molar-refractivity contribution in [3.05, 3.63) is 17.8 Å². The van der Waals surface area contributed by atoms with Gasteiger partial charge >= 0.3 is 0 Å². The largest absolute Gasteiger partial charge is 0.438 e. The van der Waals surface area contributed by atoms with Crippen LogP contribution in [0.5, 0.6) is 0 Å². The zero-order valence-corrected chi connectivity index (χ0v) is 10.6. The van der Waals surface area contributed by atoms with Crippen LogP contribution in [0.2, 0.25) is 0 Å². The molecule has 3 heterocycles. The average molecular weight is 250 g/mol. The van der Waals surface area contributed by atoms with Crippen LogP contribution in [-0.2, 0) is 0 Å². The van der Waals surface area contributed by atoms with Gasteiger partial charge in [0, 0.05) is 45.3 Å². The summed E-state index contributed by atoms with van der Waals surface area (Å²) in [6, 6.07) is 0.513. The van der Waals surface area contributed by atoms with Crippen LogP contribution in [0.3, 0.4) is 0 Å². The van der Waals surface area contributed by atoms with Crippen molar-refractivity contribution in [3.8, 4) is 0 Å². The highest BCUT2D eigenvalue weighted by Crippen LogP contribution is 2.19. The highest BCUT2D eigenvalue weighted by Gasteiger charge is 2.36. The minimum absolute atomic E-state index is 0.0311. The Morgan fingerprint density at radius 2 is 2.17 bits per heavy atom. The molecule has 0 bridgehead atoms. The fourth-order valence-corrected chi connectivity index (χ4v) is 2.55. The van der Waals surface area contributed by atoms with Gasteiger partial charge in [-0.2, -0.15) is 0 Å². The molecule has 0 aromatic carbocycles. The van der Waals surface area contributed by atoms with Crippen LogP contribution >= 0.6 is 0 Å². The number of carbonyl (C=O) groups excluding carboxylic acids is 1. The molecule has 0 aliphatic carbocycles. The third kappa shape index (κ3) is 2.02. The van der Waals surface area contributed by atoms with E-state index in [2.05, 4.69) is 15.2 Å². The second-order valence-corrected chi connectivity index (χ2v) is 4.92. The van der Waals surface area contributed by atoms with Crippen molar-refractivity contribution in [1.82, 2.24) is 20.1 Å². The van der Waals surface area contributed by atoms with Gasteiger partial charge in [-0.25, -0.2) is 4.98 Å². The van der Waals surface area contributed by atoms with Gasteiger partial charge < -0.3 is 14.6 Å². The molecule has 1 amide bonds. The number of nitrogens with zero attached hydrogens (tertiary/aromatic N) is 3. The Kier molecular flexibility index (Phi) is 3.05. The lowest BCUT2D eigenvalue weighted by molar-refractivity contribution is 0.0204. The van der Waals surface area contributed by atoms with Gasteiger partial charge in [-0.05, 0) is 6.92 Å². The summed E-state index contributed by atoms with van der Waals surface area (Å²) in [5.74, 6) is 0.352. The molecule has 0 radical (unpaired) electrons. The van der Waals surface area contributed by atoms with Crippen molar-refractivity contribution in [3.63, 3.8) is 0 Å². The maximum atomic E-state index is 12.1. The summed E-state index contributed by atoms with van der Waals surface area (Å²) >= 11 is 0. The molecule has 2 aliphatic rings. The van der Waals surface area contributed by atoms with Gasteiger partial charge in [0.2, 0.25) is 5.76 Å². The van der Waals surface area contributed by atoms with Crippen molar-refractivity contribution in [1.29, 1.82) is 0 Å². The van der Waals surface area contributed by atoms with Crippen LogP contribution in [0.4, 0.5) is 0 Å². The number of hydrogen-bond acceptors (Lipinski definition) is 5. The van der Waals surface area contributed by atoms with Crippen LogP contribution < -0.4 is 5.32 Å². The van der Waals surface area contributed by atoms with Crippen molar-refractivity contribution < 1.29 is 9.21 Å². The van der Waals surface area contributed by atoms with Gasteiger partial charge in [0.25, 0.3) is 5.91 Å². The lowest BCUT2D eigenvalue weighted by Crippen LogP contribution is -2.63. The van der Waals surface area contributed by atoms with Gasteiger partial charge in [0.15, 0.2) is 6.39 Å². The second kappa shape index (κ2) is 4.70. The van der Waals surface area contributed by atoms with Gasteiger partial charge in [-0.1, -0.05) is 0 Å². The number of nitrogens with one attached hydrogen (secondary N) is 1. The first-order chi connectivity index (χ1) is 8.75. The summed E-state index contributed by atoms with van der Waals surface area (Å²) in [4.78, 5) is 20.3. The molecule has 0 spiro atoms. The predicted octanol–water partition coefficient (Wildman–Crippen LogP) is -0.287. The standard InChI is InChI=1S/C12H18N4O2/c1-9-11(18-8-14-9)12(17)16-6-10(7-16)15-4-2-13-3-5-15/h8,10,13H,2-7H2,1H3. The van der Waals surface area contributed by atoms with Gasteiger partial charge in [0.1, 0.15) is 0 Å². The fourth-order valence-electron chi connectivity index (χ4n) is 2.55. The molecule has 2 fully saturated rings. The number of aryl methyl sites for hydroxylation is 1. The zero-order valence-electron chi connectivity index (χ0n) is 10.6. The number of amides is 1. The van der Waals surface area contributed by atoms with E-state index in [0.29, 0.717) is 17.5 Å². The van der Waals surface area contributed by atoms with E-state index in [1.165, 1.54) is 6.39 Å². The third-order valence-corrected chi connectivity index (χ3v) is 3.76. The highest BCUT2D eigenvalue weighted by atomic mass is 16.3. The Hall–Kier alpha value is -1.40. The number of oxazole rings is 1. The van der Waals surface area contributed by atoms with E-state index in [1.807, 2.05) is 4.90 Å². The Morgan fingerprint density at radius 1 is 1.44 bits per heavy atom. The average Bonchev–Trinajstić information content (AvgIpc) is 2.75. The smallest absolute Gasteiger partial charge is 0.291 e. The van der Waals surface area contributed by atoms with E-state index < -0.39 is 0 Å². The summed E-state index contributed by atoms with van der Waals surface area (Å²) in [6.07, 6.45) is 1.33. The summed E-state index contributed by atoms with van der Waals surface area (Å²) in [5.41, 5.74) is 0.672. The number of likely N-dealkylation sites (tertiary alicyclic amines) is 1. The summed E-state index contributed by atoms with van der Waals surface area (Å²) in [5, 5.41) is 3.34. The molecule has 98 valence electrons. The maximum absolute atomic E-state index is 12.1. The van der Waals surface area contributed by atoms with Gasteiger partial charge in [0.05, 0.1) is 5.69 Å².